The van der Waals surface area contributed by atoms with Crippen molar-refractivity contribution in [1.29, 1.82) is 5.26 Å². The molecule has 0 spiro atoms. The molecule has 1 aromatic rings. The molecule has 1 rings (SSSR count). The second-order valence-corrected chi connectivity index (χ2v) is 3.83. The predicted molar refractivity (Wildman–Crippen MR) is 54.6 cm³/mol. The van der Waals surface area contributed by atoms with Gasteiger partial charge in [-0.05, 0) is 25.5 Å². The van der Waals surface area contributed by atoms with E-state index in [0.717, 1.165) is 10.0 Å². The minimum absolute atomic E-state index is 0.212. The van der Waals surface area contributed by atoms with Crippen molar-refractivity contribution in [3.63, 3.8) is 0 Å². The van der Waals surface area contributed by atoms with Gasteiger partial charge in [0.25, 0.3) is 0 Å². The number of halogens is 1. The van der Waals surface area contributed by atoms with Crippen LogP contribution in [0.4, 0.5) is 0 Å². The third-order valence-corrected chi connectivity index (χ3v) is 2.68. The van der Waals surface area contributed by atoms with Crippen molar-refractivity contribution in [3.8, 4) is 11.8 Å². The number of rotatable bonds is 1. The topological polar surface area (TPSA) is 44.0 Å². The van der Waals surface area contributed by atoms with Crippen LogP contribution in [-0.4, -0.2) is 5.11 Å². The molecule has 1 aromatic carbocycles. The Morgan fingerprint density at radius 3 is 2.69 bits per heavy atom. The smallest absolute Gasteiger partial charge is 0.124 e. The lowest BCUT2D eigenvalue weighted by Crippen LogP contribution is -1.93. The molecule has 0 saturated carbocycles. The van der Waals surface area contributed by atoms with Crippen LogP contribution in [0.2, 0.25) is 0 Å². The summed E-state index contributed by atoms with van der Waals surface area (Å²) >= 11 is 3.31. The van der Waals surface area contributed by atoms with Gasteiger partial charge < -0.3 is 5.11 Å². The summed E-state index contributed by atoms with van der Waals surface area (Å²) < 4.78 is 0.782. The zero-order chi connectivity index (χ0) is 10.0. The average Bonchev–Trinajstić information content (AvgIpc) is 2.12. The average molecular weight is 240 g/mol. The molecule has 0 heterocycles. The van der Waals surface area contributed by atoms with Gasteiger partial charge in [0.1, 0.15) is 5.75 Å². The first kappa shape index (κ1) is 10.1. The first-order valence-electron chi connectivity index (χ1n) is 3.95. The number of phenolic OH excluding ortho intramolecular Hbond substituents is 1. The first-order valence-corrected chi connectivity index (χ1v) is 4.74. The number of aromatic hydroxyl groups is 1. The third-order valence-electron chi connectivity index (χ3n) is 1.99. The highest BCUT2D eigenvalue weighted by molar-refractivity contribution is 9.10. The van der Waals surface area contributed by atoms with E-state index >= 15 is 0 Å². The molecular formula is C10H10BrNO. The van der Waals surface area contributed by atoms with Gasteiger partial charge in [-0.3, -0.25) is 0 Å². The number of hydrogen-bond acceptors (Lipinski definition) is 2. The van der Waals surface area contributed by atoms with Gasteiger partial charge >= 0.3 is 0 Å². The Balaban J connectivity index is 3.35. The maximum atomic E-state index is 9.70. The van der Waals surface area contributed by atoms with Crippen molar-refractivity contribution in [2.75, 3.05) is 0 Å². The minimum atomic E-state index is -0.297. The van der Waals surface area contributed by atoms with Crippen LogP contribution in [0.5, 0.6) is 5.75 Å². The molecule has 0 radical (unpaired) electrons. The lowest BCUT2D eigenvalue weighted by atomic mass is 9.99. The summed E-state index contributed by atoms with van der Waals surface area (Å²) in [5.74, 6) is -0.0855. The molecule has 0 aromatic heterocycles. The third kappa shape index (κ3) is 1.84. The molecule has 0 aliphatic carbocycles. The molecule has 2 nitrogen and oxygen atoms in total. The van der Waals surface area contributed by atoms with E-state index in [1.54, 1.807) is 6.92 Å². The highest BCUT2D eigenvalue weighted by atomic mass is 79.9. The zero-order valence-electron chi connectivity index (χ0n) is 7.50. The standard InChI is InChI=1S/C10H10BrNO/c1-6-3-4-8(11)9(10(6)13)7(2)5-12/h3-4,7,13H,1-2H3. The number of nitrogens with zero attached hydrogens (tertiary/aromatic N) is 1. The van der Waals surface area contributed by atoms with Crippen LogP contribution < -0.4 is 0 Å². The van der Waals surface area contributed by atoms with Crippen LogP contribution in [0.1, 0.15) is 24.0 Å². The normalized spacial score (nSPS) is 12.2. The van der Waals surface area contributed by atoms with Gasteiger partial charge in [-0.25, -0.2) is 0 Å². The monoisotopic (exact) mass is 239 g/mol. The maximum Gasteiger partial charge on any atom is 0.124 e. The predicted octanol–water partition coefficient (Wildman–Crippen LogP) is 3.09. The number of nitriles is 1. The first-order chi connectivity index (χ1) is 6.07. The van der Waals surface area contributed by atoms with Gasteiger partial charge in [-0.2, -0.15) is 5.26 Å². The fourth-order valence-corrected chi connectivity index (χ4v) is 1.83. The molecule has 0 amide bonds. The van der Waals surface area contributed by atoms with Gasteiger partial charge in [0.2, 0.25) is 0 Å². The highest BCUT2D eigenvalue weighted by Crippen LogP contribution is 2.34. The molecular weight excluding hydrogens is 230 g/mol. The summed E-state index contributed by atoms with van der Waals surface area (Å²) in [4.78, 5) is 0. The second-order valence-electron chi connectivity index (χ2n) is 2.98. The van der Waals surface area contributed by atoms with Gasteiger partial charge in [0.15, 0.2) is 0 Å². The van der Waals surface area contributed by atoms with Crippen LogP contribution in [0.15, 0.2) is 16.6 Å². The van der Waals surface area contributed by atoms with E-state index in [9.17, 15) is 5.11 Å². The lowest BCUT2D eigenvalue weighted by Gasteiger charge is -2.10. The Hall–Kier alpha value is -1.01. The van der Waals surface area contributed by atoms with Crippen molar-refractivity contribution >= 4 is 15.9 Å². The lowest BCUT2D eigenvalue weighted by molar-refractivity contribution is 0.462. The maximum absolute atomic E-state index is 9.70. The van der Waals surface area contributed by atoms with Crippen molar-refractivity contribution in [2.45, 2.75) is 19.8 Å². The summed E-state index contributed by atoms with van der Waals surface area (Å²) in [6, 6.07) is 5.76. The van der Waals surface area contributed by atoms with E-state index in [-0.39, 0.29) is 11.7 Å². The summed E-state index contributed by atoms with van der Waals surface area (Å²) in [6.07, 6.45) is 0. The Morgan fingerprint density at radius 2 is 2.15 bits per heavy atom. The Morgan fingerprint density at radius 1 is 1.54 bits per heavy atom. The van der Waals surface area contributed by atoms with Crippen LogP contribution in [0, 0.1) is 18.3 Å². The van der Waals surface area contributed by atoms with Crippen LogP contribution >= 0.6 is 15.9 Å². The number of aryl methyl sites for hydroxylation is 1. The molecule has 0 fully saturated rings. The van der Waals surface area contributed by atoms with Crippen molar-refractivity contribution in [3.05, 3.63) is 27.7 Å². The fraction of sp³-hybridized carbons (Fsp3) is 0.300. The van der Waals surface area contributed by atoms with E-state index in [0.29, 0.717) is 5.56 Å². The SMILES string of the molecule is Cc1ccc(Br)c(C(C)C#N)c1O. The van der Waals surface area contributed by atoms with Crippen molar-refractivity contribution < 1.29 is 5.11 Å². The van der Waals surface area contributed by atoms with Crippen molar-refractivity contribution in [1.82, 2.24) is 0 Å². The quantitative estimate of drug-likeness (QED) is 0.819. The molecule has 0 aliphatic heterocycles. The van der Waals surface area contributed by atoms with E-state index in [4.69, 9.17) is 5.26 Å². The number of benzene rings is 1. The summed E-state index contributed by atoms with van der Waals surface area (Å²) in [5.41, 5.74) is 1.46. The van der Waals surface area contributed by atoms with Crippen molar-refractivity contribution in [2.24, 2.45) is 0 Å². The van der Waals surface area contributed by atoms with Gasteiger partial charge in [-0.1, -0.05) is 22.0 Å². The van der Waals surface area contributed by atoms with Crippen LogP contribution in [0.3, 0.4) is 0 Å². The fourth-order valence-electron chi connectivity index (χ4n) is 1.17. The molecule has 13 heavy (non-hydrogen) atoms. The molecule has 68 valence electrons. The Kier molecular flexibility index (Phi) is 2.94. The minimum Gasteiger partial charge on any atom is -0.507 e. The molecule has 0 saturated heterocycles. The van der Waals surface area contributed by atoms with Crippen LogP contribution in [0.25, 0.3) is 0 Å². The van der Waals surface area contributed by atoms with E-state index in [2.05, 4.69) is 22.0 Å². The zero-order valence-corrected chi connectivity index (χ0v) is 9.09. The molecule has 0 bridgehead atoms. The number of hydrogen-bond donors (Lipinski definition) is 1. The van der Waals surface area contributed by atoms with Gasteiger partial charge in [0, 0.05) is 10.0 Å². The molecule has 1 unspecified atom stereocenters. The summed E-state index contributed by atoms with van der Waals surface area (Å²) in [6.45, 7) is 3.58. The second kappa shape index (κ2) is 3.80. The Bertz CT molecular complexity index is 368. The molecule has 0 aliphatic rings. The van der Waals surface area contributed by atoms with E-state index in [1.807, 2.05) is 19.1 Å². The molecule has 3 heteroatoms. The highest BCUT2D eigenvalue weighted by Gasteiger charge is 2.14. The van der Waals surface area contributed by atoms with Gasteiger partial charge in [0.05, 0.1) is 12.0 Å². The summed E-state index contributed by atoms with van der Waals surface area (Å²) in [7, 11) is 0. The molecule has 1 atom stereocenters. The molecule has 1 N–H and O–H groups in total. The van der Waals surface area contributed by atoms with Gasteiger partial charge in [-0.15, -0.1) is 0 Å². The van der Waals surface area contributed by atoms with E-state index < -0.39 is 0 Å². The van der Waals surface area contributed by atoms with E-state index in [1.165, 1.54) is 0 Å². The number of phenols is 1. The Labute approximate surface area is 85.9 Å². The largest absolute Gasteiger partial charge is 0.507 e. The summed E-state index contributed by atoms with van der Waals surface area (Å²) in [5, 5.41) is 18.4. The van der Waals surface area contributed by atoms with Crippen LogP contribution in [-0.2, 0) is 0 Å².